The molecule has 0 bridgehead atoms. The molecule has 2 unspecified atom stereocenters. The summed E-state index contributed by atoms with van der Waals surface area (Å²) in [7, 11) is -4.33. The highest BCUT2D eigenvalue weighted by Crippen LogP contribution is 2.27. The number of hydrogen-bond acceptors (Lipinski definition) is 4. The van der Waals surface area contributed by atoms with Crippen LogP contribution >= 0.6 is 11.6 Å². The molecule has 8 heteroatoms. The van der Waals surface area contributed by atoms with Gasteiger partial charge in [0.2, 0.25) is 0 Å². The van der Waals surface area contributed by atoms with E-state index in [2.05, 4.69) is 4.98 Å². The van der Waals surface area contributed by atoms with E-state index >= 15 is 0 Å². The molecule has 1 aromatic heterocycles. The van der Waals surface area contributed by atoms with E-state index in [4.69, 9.17) is 11.6 Å². The zero-order valence-corrected chi connectivity index (χ0v) is 14.4. The summed E-state index contributed by atoms with van der Waals surface area (Å²) in [4.78, 5) is 4.57. The predicted octanol–water partition coefficient (Wildman–Crippen LogP) is 2.12. The molecule has 1 heterocycles. The Morgan fingerprint density at radius 2 is 2.10 bits per heavy atom. The van der Waals surface area contributed by atoms with Gasteiger partial charge in [-0.2, -0.15) is 0 Å². The van der Waals surface area contributed by atoms with Crippen molar-refractivity contribution in [2.75, 3.05) is 18.3 Å². The average Bonchev–Trinajstić information content (AvgIpc) is 2.74. The standard InChI is InChI=1S/C13H17ClN2O3S2/c1-9(8-20(2)17)16-10-5-4-6-11(21(3,18)19)13(10)15-12(16)7-14/h4-6,9H,7-8H2,1-3H3. The first kappa shape index (κ1) is 16.5. The van der Waals surface area contributed by atoms with Crippen molar-refractivity contribution < 1.29 is 12.6 Å². The molecule has 0 saturated heterocycles. The molecule has 2 atom stereocenters. The van der Waals surface area contributed by atoms with E-state index in [1.807, 2.05) is 17.6 Å². The Morgan fingerprint density at radius 3 is 2.62 bits per heavy atom. The fourth-order valence-electron chi connectivity index (χ4n) is 2.44. The van der Waals surface area contributed by atoms with Crippen LogP contribution in [0.3, 0.4) is 0 Å². The first-order chi connectivity index (χ1) is 9.75. The van der Waals surface area contributed by atoms with Crippen molar-refractivity contribution in [3.8, 4) is 0 Å². The van der Waals surface area contributed by atoms with Gasteiger partial charge in [0.05, 0.1) is 16.3 Å². The van der Waals surface area contributed by atoms with Crippen molar-refractivity contribution in [1.29, 1.82) is 0 Å². The Balaban J connectivity index is 2.74. The predicted molar refractivity (Wildman–Crippen MR) is 86.0 cm³/mol. The number of fused-ring (bicyclic) bond motifs is 1. The summed E-state index contributed by atoms with van der Waals surface area (Å²) < 4.78 is 37.1. The van der Waals surface area contributed by atoms with E-state index in [9.17, 15) is 12.6 Å². The van der Waals surface area contributed by atoms with Gasteiger partial charge >= 0.3 is 0 Å². The second-order valence-corrected chi connectivity index (χ2v) is 8.75. The number of sulfone groups is 1. The number of rotatable bonds is 5. The lowest BCUT2D eigenvalue weighted by Gasteiger charge is -2.15. The number of para-hydroxylation sites is 1. The molecule has 0 saturated carbocycles. The van der Waals surface area contributed by atoms with Crippen molar-refractivity contribution >= 4 is 43.3 Å². The minimum Gasteiger partial charge on any atom is -0.323 e. The van der Waals surface area contributed by atoms with Gasteiger partial charge in [-0.25, -0.2) is 13.4 Å². The lowest BCUT2D eigenvalue weighted by Crippen LogP contribution is -2.15. The second-order valence-electron chi connectivity index (χ2n) is 5.02. The lowest BCUT2D eigenvalue weighted by atomic mass is 10.3. The highest BCUT2D eigenvalue weighted by Gasteiger charge is 2.21. The molecule has 0 N–H and O–H groups in total. The van der Waals surface area contributed by atoms with Crippen LogP contribution in [-0.2, 0) is 26.5 Å². The van der Waals surface area contributed by atoms with Crippen LogP contribution in [0.15, 0.2) is 23.1 Å². The second kappa shape index (κ2) is 6.06. The topological polar surface area (TPSA) is 69.0 Å². The Kier molecular flexibility index (Phi) is 4.75. The zero-order chi connectivity index (χ0) is 15.8. The SMILES string of the molecule is CC(CS(C)=O)n1c(CCl)nc2c(S(C)(=O)=O)cccc21. The molecule has 5 nitrogen and oxygen atoms in total. The Bertz CT molecular complexity index is 799. The van der Waals surface area contributed by atoms with Crippen molar-refractivity contribution in [2.45, 2.75) is 23.7 Å². The number of hydrogen-bond donors (Lipinski definition) is 0. The van der Waals surface area contributed by atoms with Gasteiger partial charge < -0.3 is 4.57 Å². The summed E-state index contributed by atoms with van der Waals surface area (Å²) in [6, 6.07) is 4.95. The molecule has 2 aromatic rings. The first-order valence-corrected chi connectivity index (χ1v) is 10.5. The molecule has 0 amide bonds. The van der Waals surface area contributed by atoms with Crippen molar-refractivity contribution in [3.63, 3.8) is 0 Å². The van der Waals surface area contributed by atoms with Crippen LogP contribution in [0.1, 0.15) is 18.8 Å². The van der Waals surface area contributed by atoms with Gasteiger partial charge in [-0.3, -0.25) is 4.21 Å². The molecular formula is C13H17ClN2O3S2. The summed E-state index contributed by atoms with van der Waals surface area (Å²) in [5, 5.41) is 0. The fourth-order valence-corrected chi connectivity index (χ4v) is 4.28. The van der Waals surface area contributed by atoms with Crippen LogP contribution in [0.25, 0.3) is 11.0 Å². The largest absolute Gasteiger partial charge is 0.323 e. The molecule has 0 radical (unpaired) electrons. The molecule has 0 fully saturated rings. The highest BCUT2D eigenvalue weighted by molar-refractivity contribution is 7.91. The first-order valence-electron chi connectivity index (χ1n) is 6.31. The Labute approximate surface area is 131 Å². The smallest absolute Gasteiger partial charge is 0.177 e. The van der Waals surface area contributed by atoms with Crippen LogP contribution < -0.4 is 0 Å². The van der Waals surface area contributed by atoms with Gasteiger partial charge in [-0.05, 0) is 19.1 Å². The number of nitrogens with zero attached hydrogens (tertiary/aromatic N) is 2. The van der Waals surface area contributed by atoms with Gasteiger partial charge in [-0.1, -0.05) is 6.07 Å². The number of halogens is 1. The lowest BCUT2D eigenvalue weighted by molar-refractivity contribution is 0.594. The molecular weight excluding hydrogens is 332 g/mol. The number of alkyl halides is 1. The molecule has 1 aromatic carbocycles. The van der Waals surface area contributed by atoms with Crippen LogP contribution in [0.5, 0.6) is 0 Å². The number of aromatic nitrogens is 2. The van der Waals surface area contributed by atoms with Gasteiger partial charge in [0.25, 0.3) is 0 Å². The molecule has 0 aliphatic rings. The maximum absolute atomic E-state index is 11.9. The van der Waals surface area contributed by atoms with Crippen LogP contribution in [-0.4, -0.2) is 40.4 Å². The molecule has 21 heavy (non-hydrogen) atoms. The van der Waals surface area contributed by atoms with Gasteiger partial charge in [0, 0.05) is 35.1 Å². The third kappa shape index (κ3) is 3.30. The van der Waals surface area contributed by atoms with E-state index in [0.717, 1.165) is 6.26 Å². The maximum atomic E-state index is 11.9. The van der Waals surface area contributed by atoms with Crippen molar-refractivity contribution in [3.05, 3.63) is 24.0 Å². The Hall–Kier alpha value is -0.920. The zero-order valence-electron chi connectivity index (χ0n) is 12.0. The molecule has 0 aliphatic heterocycles. The van der Waals surface area contributed by atoms with Crippen LogP contribution in [0, 0.1) is 0 Å². The third-order valence-electron chi connectivity index (χ3n) is 3.19. The van der Waals surface area contributed by atoms with E-state index in [1.54, 1.807) is 12.3 Å². The van der Waals surface area contributed by atoms with E-state index in [0.29, 0.717) is 22.6 Å². The molecule has 2 rings (SSSR count). The van der Waals surface area contributed by atoms with Gasteiger partial charge in [-0.15, -0.1) is 11.6 Å². The van der Waals surface area contributed by atoms with E-state index in [1.165, 1.54) is 6.07 Å². The summed E-state index contributed by atoms with van der Waals surface area (Å²) in [5.74, 6) is 1.21. The van der Waals surface area contributed by atoms with Crippen molar-refractivity contribution in [1.82, 2.24) is 9.55 Å². The Morgan fingerprint density at radius 1 is 1.43 bits per heavy atom. The summed E-state index contributed by atoms with van der Waals surface area (Å²) >= 11 is 5.94. The van der Waals surface area contributed by atoms with E-state index < -0.39 is 20.6 Å². The minimum absolute atomic E-state index is 0.0793. The summed E-state index contributed by atoms with van der Waals surface area (Å²) in [5.41, 5.74) is 1.12. The average molecular weight is 349 g/mol. The highest BCUT2D eigenvalue weighted by atomic mass is 35.5. The molecule has 0 aliphatic carbocycles. The van der Waals surface area contributed by atoms with E-state index in [-0.39, 0.29) is 16.8 Å². The monoisotopic (exact) mass is 348 g/mol. The number of benzene rings is 1. The fraction of sp³-hybridized carbons (Fsp3) is 0.462. The maximum Gasteiger partial charge on any atom is 0.177 e. The minimum atomic E-state index is -3.37. The molecule has 116 valence electrons. The van der Waals surface area contributed by atoms with Crippen molar-refractivity contribution in [2.24, 2.45) is 0 Å². The summed E-state index contributed by atoms with van der Waals surface area (Å²) in [6.45, 7) is 1.92. The quantitative estimate of drug-likeness (QED) is 0.776. The summed E-state index contributed by atoms with van der Waals surface area (Å²) in [6.07, 6.45) is 2.80. The van der Waals surface area contributed by atoms with Crippen LogP contribution in [0.4, 0.5) is 0 Å². The third-order valence-corrected chi connectivity index (χ3v) is 5.51. The van der Waals surface area contributed by atoms with Gasteiger partial charge in [0.15, 0.2) is 9.84 Å². The van der Waals surface area contributed by atoms with Gasteiger partial charge in [0.1, 0.15) is 11.3 Å². The normalized spacial score (nSPS) is 15.2. The molecule has 0 spiro atoms. The number of imidazole rings is 1. The van der Waals surface area contributed by atoms with Crippen LogP contribution in [0.2, 0.25) is 0 Å².